The molecule has 3 rings (SSSR count). The van der Waals surface area contributed by atoms with E-state index in [4.69, 9.17) is 0 Å². The van der Waals surface area contributed by atoms with Crippen molar-refractivity contribution < 1.29 is 4.79 Å². The van der Waals surface area contributed by atoms with Crippen LogP contribution in [-0.2, 0) is 0 Å². The molecule has 0 spiro atoms. The van der Waals surface area contributed by atoms with Crippen LogP contribution < -0.4 is 0 Å². The molecule has 0 aliphatic carbocycles. The maximum Gasteiger partial charge on any atom is 0.159 e. The number of nitrogens with one attached hydrogen (secondary N) is 1. The fraction of sp³-hybridized carbons (Fsp3) is 0.0769. The van der Waals surface area contributed by atoms with Gasteiger partial charge >= 0.3 is 0 Å². The van der Waals surface area contributed by atoms with Gasteiger partial charge in [-0.15, -0.1) is 0 Å². The number of aromatic amines is 1. The Labute approximate surface area is 92.1 Å². The summed E-state index contributed by atoms with van der Waals surface area (Å²) in [6, 6.07) is 7.63. The van der Waals surface area contributed by atoms with Crippen molar-refractivity contribution in [2.75, 3.05) is 0 Å². The Balaban J connectivity index is 2.44. The molecule has 0 aliphatic rings. The molecular formula is C13H10N2O. The number of hydrogen-bond donors (Lipinski definition) is 1. The Kier molecular flexibility index (Phi) is 1.80. The topological polar surface area (TPSA) is 45.8 Å². The van der Waals surface area contributed by atoms with Crippen LogP contribution in [0.5, 0.6) is 0 Å². The zero-order valence-electron chi connectivity index (χ0n) is 8.82. The van der Waals surface area contributed by atoms with E-state index in [1.165, 1.54) is 0 Å². The maximum absolute atomic E-state index is 11.3. The number of benzene rings is 1. The molecule has 3 aromatic rings. The molecule has 2 aromatic heterocycles. The van der Waals surface area contributed by atoms with E-state index in [-0.39, 0.29) is 5.78 Å². The Morgan fingerprint density at radius 2 is 2.00 bits per heavy atom. The SMILES string of the molecule is CC(=O)c1ccc2[nH]c3ccncc3c2c1. The Morgan fingerprint density at radius 1 is 1.19 bits per heavy atom. The molecule has 1 N–H and O–H groups in total. The van der Waals surface area contributed by atoms with E-state index in [1.54, 1.807) is 13.1 Å². The Bertz CT molecular complexity index is 697. The van der Waals surface area contributed by atoms with Gasteiger partial charge in [0.2, 0.25) is 0 Å². The summed E-state index contributed by atoms with van der Waals surface area (Å²) in [7, 11) is 0. The van der Waals surface area contributed by atoms with Gasteiger partial charge in [-0.3, -0.25) is 9.78 Å². The lowest BCUT2D eigenvalue weighted by atomic mass is 10.1. The van der Waals surface area contributed by atoms with E-state index >= 15 is 0 Å². The van der Waals surface area contributed by atoms with Crippen molar-refractivity contribution in [1.29, 1.82) is 0 Å². The number of H-pyrrole nitrogens is 1. The van der Waals surface area contributed by atoms with E-state index in [0.717, 1.165) is 27.4 Å². The van der Waals surface area contributed by atoms with Crippen molar-refractivity contribution in [2.45, 2.75) is 6.92 Å². The van der Waals surface area contributed by atoms with Crippen LogP contribution in [0.25, 0.3) is 21.8 Å². The molecule has 2 heterocycles. The summed E-state index contributed by atoms with van der Waals surface area (Å²) in [4.78, 5) is 18.7. The largest absolute Gasteiger partial charge is 0.354 e. The van der Waals surface area contributed by atoms with E-state index in [2.05, 4.69) is 9.97 Å². The van der Waals surface area contributed by atoms with Crippen molar-refractivity contribution in [2.24, 2.45) is 0 Å². The smallest absolute Gasteiger partial charge is 0.159 e. The highest BCUT2D eigenvalue weighted by Gasteiger charge is 2.06. The van der Waals surface area contributed by atoms with Crippen LogP contribution in [0.3, 0.4) is 0 Å². The Hall–Kier alpha value is -2.16. The first-order valence-corrected chi connectivity index (χ1v) is 5.12. The molecule has 0 saturated heterocycles. The first kappa shape index (κ1) is 9.09. The number of fused-ring (bicyclic) bond motifs is 3. The molecule has 0 atom stereocenters. The summed E-state index contributed by atoms with van der Waals surface area (Å²) in [5.41, 5.74) is 2.82. The summed E-state index contributed by atoms with van der Waals surface area (Å²) in [6.45, 7) is 1.58. The summed E-state index contributed by atoms with van der Waals surface area (Å²) in [5, 5.41) is 2.11. The summed E-state index contributed by atoms with van der Waals surface area (Å²) < 4.78 is 0. The average Bonchev–Trinajstić information content (AvgIpc) is 2.66. The van der Waals surface area contributed by atoms with Gasteiger partial charge in [0, 0.05) is 39.8 Å². The van der Waals surface area contributed by atoms with E-state index in [9.17, 15) is 4.79 Å². The summed E-state index contributed by atoms with van der Waals surface area (Å²) in [5.74, 6) is 0.0835. The number of carbonyl (C=O) groups excluding carboxylic acids is 1. The van der Waals surface area contributed by atoms with Crippen molar-refractivity contribution in [1.82, 2.24) is 9.97 Å². The highest BCUT2D eigenvalue weighted by atomic mass is 16.1. The van der Waals surface area contributed by atoms with E-state index in [0.29, 0.717) is 0 Å². The van der Waals surface area contributed by atoms with Crippen molar-refractivity contribution in [3.63, 3.8) is 0 Å². The second-order valence-electron chi connectivity index (χ2n) is 3.86. The third kappa shape index (κ3) is 1.21. The van der Waals surface area contributed by atoms with Crippen molar-refractivity contribution >= 4 is 27.6 Å². The van der Waals surface area contributed by atoms with Gasteiger partial charge in [-0.05, 0) is 31.2 Å². The highest BCUT2D eigenvalue weighted by Crippen LogP contribution is 2.25. The predicted octanol–water partition coefficient (Wildman–Crippen LogP) is 2.92. The maximum atomic E-state index is 11.3. The van der Waals surface area contributed by atoms with Crippen LogP contribution in [-0.4, -0.2) is 15.8 Å². The molecule has 16 heavy (non-hydrogen) atoms. The van der Waals surface area contributed by atoms with Gasteiger partial charge in [-0.2, -0.15) is 0 Å². The second-order valence-corrected chi connectivity index (χ2v) is 3.86. The fourth-order valence-electron chi connectivity index (χ4n) is 1.96. The first-order valence-electron chi connectivity index (χ1n) is 5.12. The van der Waals surface area contributed by atoms with Crippen LogP contribution >= 0.6 is 0 Å². The molecule has 1 aromatic carbocycles. The average molecular weight is 210 g/mol. The van der Waals surface area contributed by atoms with Gasteiger partial charge in [-0.1, -0.05) is 0 Å². The quantitative estimate of drug-likeness (QED) is 0.627. The fourth-order valence-corrected chi connectivity index (χ4v) is 1.96. The molecule has 78 valence electrons. The normalized spacial score (nSPS) is 11.1. The molecule has 0 aliphatic heterocycles. The molecule has 0 unspecified atom stereocenters. The molecule has 0 radical (unpaired) electrons. The predicted molar refractivity (Wildman–Crippen MR) is 63.6 cm³/mol. The molecule has 3 nitrogen and oxygen atoms in total. The molecule has 0 saturated carbocycles. The van der Waals surface area contributed by atoms with E-state index in [1.807, 2.05) is 30.5 Å². The van der Waals surface area contributed by atoms with Crippen LogP contribution in [0, 0.1) is 0 Å². The van der Waals surface area contributed by atoms with Gasteiger partial charge < -0.3 is 4.98 Å². The number of carbonyl (C=O) groups is 1. The monoisotopic (exact) mass is 210 g/mol. The number of aromatic nitrogens is 2. The first-order chi connectivity index (χ1) is 7.75. The summed E-state index contributed by atoms with van der Waals surface area (Å²) in [6.07, 6.45) is 3.57. The zero-order valence-corrected chi connectivity index (χ0v) is 8.82. The molecule has 0 amide bonds. The number of nitrogens with zero attached hydrogens (tertiary/aromatic N) is 1. The molecule has 3 heteroatoms. The standard InChI is InChI=1S/C13H10N2O/c1-8(16)9-2-3-12-10(6-9)11-7-14-5-4-13(11)15-12/h2-7,15H,1H3. The lowest BCUT2D eigenvalue weighted by Crippen LogP contribution is -1.90. The highest BCUT2D eigenvalue weighted by molar-refractivity contribution is 6.09. The van der Waals surface area contributed by atoms with Crippen LogP contribution in [0.1, 0.15) is 17.3 Å². The third-order valence-electron chi connectivity index (χ3n) is 2.81. The van der Waals surface area contributed by atoms with Crippen molar-refractivity contribution in [3.05, 3.63) is 42.2 Å². The second kappa shape index (κ2) is 3.17. The van der Waals surface area contributed by atoms with Crippen LogP contribution in [0.15, 0.2) is 36.7 Å². The third-order valence-corrected chi connectivity index (χ3v) is 2.81. The van der Waals surface area contributed by atoms with E-state index < -0.39 is 0 Å². The Morgan fingerprint density at radius 3 is 2.81 bits per heavy atom. The van der Waals surface area contributed by atoms with Gasteiger partial charge in [0.25, 0.3) is 0 Å². The van der Waals surface area contributed by atoms with Gasteiger partial charge in [-0.25, -0.2) is 0 Å². The number of pyridine rings is 1. The molecule has 0 bridgehead atoms. The zero-order chi connectivity index (χ0) is 11.1. The van der Waals surface area contributed by atoms with Crippen LogP contribution in [0.2, 0.25) is 0 Å². The number of rotatable bonds is 1. The number of ketones is 1. The molecule has 0 fully saturated rings. The number of hydrogen-bond acceptors (Lipinski definition) is 2. The minimum atomic E-state index is 0.0835. The van der Waals surface area contributed by atoms with Gasteiger partial charge in [0.05, 0.1) is 0 Å². The number of Topliss-reactive ketones (excluding diaryl/α,β-unsaturated/α-hetero) is 1. The minimum Gasteiger partial charge on any atom is -0.354 e. The lowest BCUT2D eigenvalue weighted by molar-refractivity contribution is 0.101. The lowest BCUT2D eigenvalue weighted by Gasteiger charge is -1.95. The van der Waals surface area contributed by atoms with Crippen LogP contribution in [0.4, 0.5) is 0 Å². The van der Waals surface area contributed by atoms with Crippen molar-refractivity contribution in [3.8, 4) is 0 Å². The van der Waals surface area contributed by atoms with Gasteiger partial charge in [0.1, 0.15) is 0 Å². The van der Waals surface area contributed by atoms with Gasteiger partial charge in [0.15, 0.2) is 5.78 Å². The summed E-state index contributed by atoms with van der Waals surface area (Å²) >= 11 is 0. The minimum absolute atomic E-state index is 0.0835. The molecular weight excluding hydrogens is 200 g/mol.